The number of nitrogens with zero attached hydrogens (tertiary/aromatic N) is 2. The predicted molar refractivity (Wildman–Crippen MR) is 171 cm³/mol. The van der Waals surface area contributed by atoms with Crippen molar-refractivity contribution in [1.29, 1.82) is 0 Å². The molecular formula is C31H34BrCl2N3O4S. The average Bonchev–Trinajstić information content (AvgIpc) is 3.46. The summed E-state index contributed by atoms with van der Waals surface area (Å²) < 4.78 is 29.8. The Morgan fingerprint density at radius 1 is 1.00 bits per heavy atom. The van der Waals surface area contributed by atoms with Crippen LogP contribution in [0.1, 0.15) is 50.2 Å². The molecule has 1 unspecified atom stereocenters. The number of sulfonamides is 1. The number of rotatable bonds is 11. The summed E-state index contributed by atoms with van der Waals surface area (Å²) >= 11 is 16.0. The Morgan fingerprint density at radius 2 is 1.64 bits per heavy atom. The Labute approximate surface area is 266 Å². The second-order valence-electron chi connectivity index (χ2n) is 10.5. The van der Waals surface area contributed by atoms with Crippen LogP contribution in [0.15, 0.2) is 76.1 Å². The smallest absolute Gasteiger partial charge is 0.264 e. The summed E-state index contributed by atoms with van der Waals surface area (Å²) in [7, 11) is -4.14. The van der Waals surface area contributed by atoms with Crippen molar-refractivity contribution in [3.05, 3.63) is 92.4 Å². The molecule has 1 atom stereocenters. The number of anilines is 1. The van der Waals surface area contributed by atoms with Crippen molar-refractivity contribution >= 4 is 66.7 Å². The Morgan fingerprint density at radius 3 is 2.24 bits per heavy atom. The Bertz CT molecular complexity index is 1510. The maximum atomic E-state index is 14.2. The molecule has 224 valence electrons. The Balaban J connectivity index is 1.73. The first-order valence-corrected chi connectivity index (χ1v) is 16.9. The SMILES string of the molecule is CCC(C(=O)NC1CCCC1)N(Cc1ccc(Cl)cc1Cl)C(=O)CN(c1ccc(Br)cc1)S(=O)(=O)c1ccc(C)cc1. The normalized spacial score (nSPS) is 14.4. The molecule has 0 saturated heterocycles. The van der Waals surface area contributed by atoms with Crippen LogP contribution in [0.3, 0.4) is 0 Å². The van der Waals surface area contributed by atoms with E-state index in [0.717, 1.165) is 40.0 Å². The van der Waals surface area contributed by atoms with E-state index in [1.807, 2.05) is 13.8 Å². The number of halogens is 3. The zero-order chi connectivity index (χ0) is 30.4. The topological polar surface area (TPSA) is 86.8 Å². The van der Waals surface area contributed by atoms with Crippen molar-refractivity contribution in [2.75, 3.05) is 10.8 Å². The van der Waals surface area contributed by atoms with Crippen LogP contribution in [0.5, 0.6) is 0 Å². The van der Waals surface area contributed by atoms with E-state index in [9.17, 15) is 18.0 Å². The first kappa shape index (κ1) is 32.3. The van der Waals surface area contributed by atoms with E-state index in [2.05, 4.69) is 21.2 Å². The Hall–Kier alpha value is -2.59. The fraction of sp³-hybridized carbons (Fsp3) is 0.355. The molecule has 7 nitrogen and oxygen atoms in total. The zero-order valence-electron chi connectivity index (χ0n) is 23.5. The first-order valence-electron chi connectivity index (χ1n) is 13.9. The summed E-state index contributed by atoms with van der Waals surface area (Å²) in [5, 5.41) is 3.90. The van der Waals surface area contributed by atoms with Crippen molar-refractivity contribution in [2.24, 2.45) is 0 Å². The van der Waals surface area contributed by atoms with E-state index in [1.165, 1.54) is 17.0 Å². The minimum atomic E-state index is -4.14. The molecule has 0 radical (unpaired) electrons. The lowest BCUT2D eigenvalue weighted by molar-refractivity contribution is -0.140. The van der Waals surface area contributed by atoms with Crippen LogP contribution in [0.4, 0.5) is 5.69 Å². The molecule has 4 rings (SSSR count). The summed E-state index contributed by atoms with van der Waals surface area (Å²) in [6.45, 7) is 3.19. The van der Waals surface area contributed by atoms with Crippen LogP contribution in [0.25, 0.3) is 0 Å². The monoisotopic (exact) mass is 693 g/mol. The molecule has 1 saturated carbocycles. The highest BCUT2D eigenvalue weighted by atomic mass is 79.9. The molecule has 11 heteroatoms. The number of aryl methyl sites for hydroxylation is 1. The van der Waals surface area contributed by atoms with E-state index in [0.29, 0.717) is 27.7 Å². The number of carbonyl (C=O) groups excluding carboxylic acids is 2. The third kappa shape index (κ3) is 7.86. The van der Waals surface area contributed by atoms with Gasteiger partial charge in [-0.25, -0.2) is 8.42 Å². The highest BCUT2D eigenvalue weighted by molar-refractivity contribution is 9.10. The molecule has 3 aromatic rings. The van der Waals surface area contributed by atoms with Crippen LogP contribution in [0.2, 0.25) is 10.0 Å². The quantitative estimate of drug-likeness (QED) is 0.232. The second kappa shape index (κ2) is 14.3. The van der Waals surface area contributed by atoms with Gasteiger partial charge in [0.25, 0.3) is 10.0 Å². The third-order valence-electron chi connectivity index (χ3n) is 7.45. The van der Waals surface area contributed by atoms with Gasteiger partial charge in [-0.05, 0) is 80.3 Å². The van der Waals surface area contributed by atoms with Gasteiger partial charge in [0.1, 0.15) is 12.6 Å². The molecule has 1 aliphatic carbocycles. The summed E-state index contributed by atoms with van der Waals surface area (Å²) in [6.07, 6.45) is 4.21. The standard InChI is InChI=1S/C31H34BrCl2N3O4S/c1-3-29(31(39)35-25-6-4-5-7-25)36(19-22-10-13-24(33)18-28(22)34)30(38)20-37(26-14-11-23(32)12-15-26)42(40,41)27-16-8-21(2)9-17-27/h8-18,25,29H,3-7,19-20H2,1-2H3,(H,35,39). The van der Waals surface area contributed by atoms with E-state index in [4.69, 9.17) is 23.2 Å². The number of hydrogen-bond acceptors (Lipinski definition) is 4. The van der Waals surface area contributed by atoms with Crippen molar-refractivity contribution in [3.8, 4) is 0 Å². The summed E-state index contributed by atoms with van der Waals surface area (Å²) in [5.74, 6) is -0.799. The highest BCUT2D eigenvalue weighted by Gasteiger charge is 2.34. The molecule has 1 fully saturated rings. The number of amides is 2. The first-order chi connectivity index (χ1) is 20.0. The van der Waals surface area contributed by atoms with Crippen molar-refractivity contribution in [3.63, 3.8) is 0 Å². The van der Waals surface area contributed by atoms with Gasteiger partial charge < -0.3 is 10.2 Å². The molecule has 3 aromatic carbocycles. The molecule has 1 N–H and O–H groups in total. The molecule has 0 heterocycles. The number of nitrogens with one attached hydrogen (secondary N) is 1. The van der Waals surface area contributed by atoms with Gasteiger partial charge in [0.05, 0.1) is 10.6 Å². The molecular weight excluding hydrogens is 661 g/mol. The lowest BCUT2D eigenvalue weighted by Crippen LogP contribution is -2.53. The average molecular weight is 696 g/mol. The summed E-state index contributed by atoms with van der Waals surface area (Å²) in [5.41, 5.74) is 1.82. The van der Waals surface area contributed by atoms with E-state index in [-0.39, 0.29) is 23.4 Å². The zero-order valence-corrected chi connectivity index (χ0v) is 27.4. The van der Waals surface area contributed by atoms with Gasteiger partial charge in [0.15, 0.2) is 0 Å². The Kier molecular flexibility index (Phi) is 11.0. The van der Waals surface area contributed by atoms with Gasteiger partial charge in [-0.1, -0.05) is 82.7 Å². The van der Waals surface area contributed by atoms with E-state index < -0.39 is 28.5 Å². The van der Waals surface area contributed by atoms with Crippen LogP contribution in [0, 0.1) is 6.92 Å². The van der Waals surface area contributed by atoms with Crippen LogP contribution < -0.4 is 9.62 Å². The van der Waals surface area contributed by atoms with Gasteiger partial charge >= 0.3 is 0 Å². The van der Waals surface area contributed by atoms with Gasteiger partial charge in [-0.15, -0.1) is 0 Å². The van der Waals surface area contributed by atoms with Crippen LogP contribution in [-0.4, -0.2) is 43.8 Å². The minimum Gasteiger partial charge on any atom is -0.352 e. The highest BCUT2D eigenvalue weighted by Crippen LogP contribution is 2.28. The largest absolute Gasteiger partial charge is 0.352 e. The maximum Gasteiger partial charge on any atom is 0.264 e. The van der Waals surface area contributed by atoms with Crippen molar-refractivity contribution in [1.82, 2.24) is 10.2 Å². The van der Waals surface area contributed by atoms with Gasteiger partial charge in [-0.2, -0.15) is 0 Å². The molecule has 1 aliphatic rings. The molecule has 0 aliphatic heterocycles. The number of carbonyl (C=O) groups is 2. The van der Waals surface area contributed by atoms with Crippen LogP contribution >= 0.6 is 39.1 Å². The number of benzene rings is 3. The second-order valence-corrected chi connectivity index (χ2v) is 14.1. The molecule has 2 amide bonds. The van der Waals surface area contributed by atoms with E-state index >= 15 is 0 Å². The van der Waals surface area contributed by atoms with Gasteiger partial charge in [-0.3, -0.25) is 13.9 Å². The maximum absolute atomic E-state index is 14.2. The third-order valence-corrected chi connectivity index (χ3v) is 10.3. The molecule has 0 spiro atoms. The minimum absolute atomic E-state index is 0.00415. The van der Waals surface area contributed by atoms with Crippen molar-refractivity contribution < 1.29 is 18.0 Å². The fourth-order valence-electron chi connectivity index (χ4n) is 5.09. The molecule has 42 heavy (non-hydrogen) atoms. The fourth-order valence-corrected chi connectivity index (χ4v) is 7.24. The van der Waals surface area contributed by atoms with E-state index in [1.54, 1.807) is 54.6 Å². The number of hydrogen-bond donors (Lipinski definition) is 1. The van der Waals surface area contributed by atoms with Gasteiger partial charge in [0, 0.05) is 27.1 Å². The molecule has 0 bridgehead atoms. The predicted octanol–water partition coefficient (Wildman–Crippen LogP) is 7.13. The van der Waals surface area contributed by atoms with Crippen LogP contribution in [-0.2, 0) is 26.2 Å². The van der Waals surface area contributed by atoms with Gasteiger partial charge in [0.2, 0.25) is 11.8 Å². The summed E-state index contributed by atoms with van der Waals surface area (Å²) in [4.78, 5) is 29.2. The van der Waals surface area contributed by atoms with Crippen molar-refractivity contribution in [2.45, 2.75) is 69.5 Å². The lowest BCUT2D eigenvalue weighted by atomic mass is 10.1. The lowest BCUT2D eigenvalue weighted by Gasteiger charge is -2.34. The molecule has 0 aromatic heterocycles. The summed E-state index contributed by atoms with van der Waals surface area (Å²) in [6, 6.07) is 17.3.